The van der Waals surface area contributed by atoms with E-state index in [1.165, 1.54) is 14.7 Å². The van der Waals surface area contributed by atoms with Crippen LogP contribution in [0.3, 0.4) is 0 Å². The van der Waals surface area contributed by atoms with Crippen molar-refractivity contribution in [1.29, 1.82) is 0 Å². The molecule has 0 saturated heterocycles. The van der Waals surface area contributed by atoms with E-state index >= 15 is 0 Å². The third kappa shape index (κ3) is 4.08. The van der Waals surface area contributed by atoms with E-state index in [1.54, 1.807) is 5.23 Å². The monoisotopic (exact) mass is 416 g/mol. The van der Waals surface area contributed by atoms with E-state index in [2.05, 4.69) is 19.6 Å². The summed E-state index contributed by atoms with van der Waals surface area (Å²) in [7, 11) is 0.953. The summed E-state index contributed by atoms with van der Waals surface area (Å²) in [5.74, 6) is 0. The molecule has 0 heterocycles. The van der Waals surface area contributed by atoms with Crippen LogP contribution in [0.5, 0.6) is 0 Å². The summed E-state index contributed by atoms with van der Waals surface area (Å²) < 4.78 is 25.9. The van der Waals surface area contributed by atoms with Gasteiger partial charge in [-0.15, -0.1) is 24.8 Å². The van der Waals surface area contributed by atoms with Gasteiger partial charge in [-0.1, -0.05) is 0 Å². The molecule has 2 rings (SSSR count). The van der Waals surface area contributed by atoms with E-state index in [4.69, 9.17) is 6.33 Å². The molecule has 0 amide bonds. The molecular weight excluding hydrogens is 391 g/mol. The maximum atomic E-state index is 14.1. The smallest absolute Gasteiger partial charge is 0.147 e. The molecule has 0 aromatic heterocycles. The van der Waals surface area contributed by atoms with Crippen LogP contribution in [-0.2, 0) is 23.2 Å². The Morgan fingerprint density at radius 1 is 1.18 bits per heavy atom. The quantitative estimate of drug-likeness (QED) is 0.693. The van der Waals surface area contributed by atoms with Crippen molar-refractivity contribution in [3.8, 4) is 0 Å². The van der Waals surface area contributed by atoms with Crippen LogP contribution in [0.15, 0.2) is 30.3 Å². The number of hydrogen-bond acceptors (Lipinski definition) is 3. The van der Waals surface area contributed by atoms with Crippen molar-refractivity contribution in [3.05, 3.63) is 41.5 Å². The van der Waals surface area contributed by atoms with Crippen LogP contribution in [0, 0.1) is 0 Å². The first-order valence-electron chi connectivity index (χ1n) is 6.94. The Bertz CT molecular complexity index is 759. The fraction of sp³-hybridized carbons (Fsp3) is 0.429. The normalized spacial score (nSPS) is 18.5. The molecule has 8 heteroatoms. The van der Waals surface area contributed by atoms with Crippen molar-refractivity contribution in [3.63, 3.8) is 0 Å². The minimum atomic E-state index is -5.31. The Morgan fingerprint density at radius 3 is 2.23 bits per heavy atom. The van der Waals surface area contributed by atoms with Crippen molar-refractivity contribution in [2.24, 2.45) is 0 Å². The third-order valence-corrected chi connectivity index (χ3v) is 21.4. The molecule has 1 unspecified atom stereocenters. The fourth-order valence-corrected chi connectivity index (χ4v) is 25.2. The van der Waals surface area contributed by atoms with Gasteiger partial charge in [-0.05, 0) is 0 Å². The maximum absolute atomic E-state index is 14.1. The van der Waals surface area contributed by atoms with Crippen molar-refractivity contribution < 1.29 is 23.2 Å². The molecule has 0 spiro atoms. The van der Waals surface area contributed by atoms with Crippen molar-refractivity contribution in [2.45, 2.75) is 29.1 Å². The molecule has 0 saturated carbocycles. The summed E-state index contributed by atoms with van der Waals surface area (Å²) in [6.07, 6.45) is 4.00. The van der Waals surface area contributed by atoms with Crippen molar-refractivity contribution >= 4 is 46.8 Å². The van der Waals surface area contributed by atoms with Gasteiger partial charge in [-0.25, -0.2) is 0 Å². The van der Waals surface area contributed by atoms with Crippen molar-refractivity contribution in [1.82, 2.24) is 0 Å². The zero-order chi connectivity index (χ0) is 15.3. The SMILES string of the molecule is C[O][Ti]([CH3])(=[O])(=[SiH2])([O][Si](C)(C)C)[CH]1C=Cc2ccccc21.Cl.Cl. The summed E-state index contributed by atoms with van der Waals surface area (Å²) in [5.41, 5.74) is 2.15. The maximum Gasteiger partial charge on any atom is -0.147 e. The van der Waals surface area contributed by atoms with Crippen LogP contribution in [-0.4, -0.2) is 23.1 Å². The summed E-state index contributed by atoms with van der Waals surface area (Å²) in [6.45, 7) is 6.15. The second-order valence-electron chi connectivity index (χ2n) is 7.38. The largest absolute Gasteiger partial charge is 0.147 e. The minimum absolute atomic E-state index is 0. The van der Waals surface area contributed by atoms with Crippen LogP contribution < -0.4 is 0 Å². The number of allylic oxidation sites excluding steroid dienone is 1. The van der Waals surface area contributed by atoms with Gasteiger partial charge < -0.3 is 0 Å². The average molecular weight is 417 g/mol. The predicted molar refractivity (Wildman–Crippen MR) is 99.2 cm³/mol. The fourth-order valence-electron chi connectivity index (χ4n) is 3.17. The molecule has 0 aliphatic heterocycles. The Balaban J connectivity index is 0.00000220. The summed E-state index contributed by atoms with van der Waals surface area (Å²) in [4.78, 5) is 0. The number of rotatable bonds is 4. The molecule has 1 aliphatic rings. The average Bonchev–Trinajstić information content (AvgIpc) is 2.71. The zero-order valence-electron chi connectivity index (χ0n) is 13.8. The number of hydrogen-bond donors (Lipinski definition) is 0. The minimum Gasteiger partial charge on any atom is -0.147 e. The summed E-state index contributed by atoms with van der Waals surface area (Å²) in [5, 5.41) is 1.73. The van der Waals surface area contributed by atoms with Crippen LogP contribution in [0.2, 0.25) is 24.9 Å². The summed E-state index contributed by atoms with van der Waals surface area (Å²) >= 11 is -5.31. The number of fused-ring (bicyclic) bond motifs is 1. The van der Waals surface area contributed by atoms with Gasteiger partial charge in [0.25, 0.3) is 0 Å². The van der Waals surface area contributed by atoms with Crippen molar-refractivity contribution in [2.75, 3.05) is 7.11 Å². The van der Waals surface area contributed by atoms with Gasteiger partial charge in [-0.2, -0.15) is 0 Å². The first-order valence-corrected chi connectivity index (χ1v) is 18.7. The van der Waals surface area contributed by atoms with Crippen LogP contribution in [0.25, 0.3) is 6.08 Å². The topological polar surface area (TPSA) is 35.5 Å². The molecule has 126 valence electrons. The first kappa shape index (κ1) is 22.4. The van der Waals surface area contributed by atoms with Gasteiger partial charge in [0, 0.05) is 0 Å². The Labute approximate surface area is 147 Å². The van der Waals surface area contributed by atoms with Gasteiger partial charge >= 0.3 is 123 Å². The predicted octanol–water partition coefficient (Wildman–Crippen LogP) is 4.09. The molecule has 0 N–H and O–H groups in total. The molecule has 3 nitrogen and oxygen atoms in total. The van der Waals surface area contributed by atoms with Crippen LogP contribution >= 0.6 is 24.8 Å². The molecule has 1 aromatic rings. The van der Waals surface area contributed by atoms with E-state index in [1.807, 2.05) is 36.4 Å². The van der Waals surface area contributed by atoms with Crippen LogP contribution in [0.1, 0.15) is 15.3 Å². The third-order valence-electron chi connectivity index (χ3n) is 3.97. The molecule has 0 bridgehead atoms. The van der Waals surface area contributed by atoms with E-state index in [0.717, 1.165) is 11.1 Å². The number of benzene rings is 1. The van der Waals surface area contributed by atoms with Gasteiger partial charge in [0.15, 0.2) is 0 Å². The van der Waals surface area contributed by atoms with Gasteiger partial charge in [-0.3, -0.25) is 0 Å². The zero-order valence-corrected chi connectivity index (χ0v) is 19.4. The van der Waals surface area contributed by atoms with E-state index < -0.39 is 21.8 Å². The molecular formula is C14H26Cl2O3Si2Ti. The van der Waals surface area contributed by atoms with E-state index in [9.17, 15) is 3.32 Å². The van der Waals surface area contributed by atoms with Crippen LogP contribution in [0.4, 0.5) is 0 Å². The standard InChI is InChI=1S/C9H7.C3H9OSi.CH3O.CH3.2ClH.O.H2Si.Ti/c1-2-5-9-7-3-6-8(9)4-1;1-5(2,3)4;1-2;;;;;;/h1-7H;1-3H3;1H3;1H3;2*1H;;1H2;/q;2*-1;;;;;;+2. The second-order valence-corrected chi connectivity index (χ2v) is 30.3. The Hall–Kier alpha value is 0.408. The molecule has 1 aliphatic carbocycles. The Morgan fingerprint density at radius 2 is 1.73 bits per heavy atom. The van der Waals surface area contributed by atoms with Gasteiger partial charge in [0.2, 0.25) is 0 Å². The molecule has 22 heavy (non-hydrogen) atoms. The van der Waals surface area contributed by atoms with Gasteiger partial charge in [0.05, 0.1) is 0 Å². The molecule has 0 fully saturated rings. The molecule has 0 radical (unpaired) electrons. The van der Waals surface area contributed by atoms with E-state index in [0.29, 0.717) is 0 Å². The van der Waals surface area contributed by atoms with Gasteiger partial charge in [0.1, 0.15) is 0 Å². The molecule has 1 aromatic carbocycles. The summed E-state index contributed by atoms with van der Waals surface area (Å²) in [6, 6.07) is 8.02. The number of halogens is 2. The Kier molecular flexibility index (Phi) is 6.16. The molecule has 1 atom stereocenters. The van der Waals surface area contributed by atoms with E-state index in [-0.39, 0.29) is 29.0 Å². The first-order chi connectivity index (χ1) is 8.90. The second kappa shape index (κ2) is 6.04.